The number of pyridine rings is 2. The van der Waals surface area contributed by atoms with Crippen LogP contribution in [-0.4, -0.2) is 33.1 Å². The molecule has 0 aliphatic carbocycles. The number of benzene rings is 1. The number of hydrogen-bond donors (Lipinski definition) is 1. The summed E-state index contributed by atoms with van der Waals surface area (Å²) < 4.78 is 0. The van der Waals surface area contributed by atoms with E-state index >= 15 is 0 Å². The van der Waals surface area contributed by atoms with Crippen LogP contribution in [0.3, 0.4) is 0 Å². The molecule has 1 atom stereocenters. The van der Waals surface area contributed by atoms with Gasteiger partial charge < -0.3 is 4.90 Å². The van der Waals surface area contributed by atoms with Gasteiger partial charge in [-0.25, -0.2) is 4.98 Å². The molecule has 4 rings (SSSR count). The lowest BCUT2D eigenvalue weighted by Gasteiger charge is -2.26. The Bertz CT molecular complexity index is 1120. The lowest BCUT2D eigenvalue weighted by molar-refractivity contribution is 0.102. The van der Waals surface area contributed by atoms with E-state index in [0.717, 1.165) is 16.4 Å². The highest BCUT2D eigenvalue weighted by molar-refractivity contribution is 7.18. The molecule has 3 heterocycles. The highest BCUT2D eigenvalue weighted by Gasteiger charge is 2.15. The number of nitrogens with zero attached hydrogens (tertiary/aromatic N) is 5. The topological polar surface area (TPSA) is 83.9 Å². The number of rotatable bonds is 6. The van der Waals surface area contributed by atoms with Gasteiger partial charge in [0, 0.05) is 31.2 Å². The maximum Gasteiger partial charge on any atom is 0.259 e. The lowest BCUT2D eigenvalue weighted by atomic mass is 10.1. The Morgan fingerprint density at radius 2 is 1.80 bits per heavy atom. The Hall–Kier alpha value is -3.65. The first-order valence-corrected chi connectivity index (χ1v) is 10.2. The molecule has 0 aliphatic heterocycles. The average molecular weight is 417 g/mol. The van der Waals surface area contributed by atoms with E-state index in [1.807, 2.05) is 43.4 Å². The fourth-order valence-electron chi connectivity index (χ4n) is 2.94. The highest BCUT2D eigenvalue weighted by Crippen LogP contribution is 2.26. The molecule has 1 unspecified atom stereocenters. The first-order valence-electron chi connectivity index (χ1n) is 9.41. The van der Waals surface area contributed by atoms with Crippen LogP contribution in [0.4, 0.5) is 10.9 Å². The summed E-state index contributed by atoms with van der Waals surface area (Å²) in [5.41, 5.74) is 2.56. The van der Waals surface area contributed by atoms with Crippen LogP contribution in [0, 0.1) is 0 Å². The summed E-state index contributed by atoms with van der Waals surface area (Å²) in [5.74, 6) is 0.518. The Balaban J connectivity index is 1.43. The average Bonchev–Trinajstić information content (AvgIpc) is 3.28. The second-order valence-electron chi connectivity index (χ2n) is 6.71. The van der Waals surface area contributed by atoms with Crippen LogP contribution in [0.15, 0.2) is 73.2 Å². The minimum Gasteiger partial charge on any atom is -0.353 e. The van der Waals surface area contributed by atoms with Crippen molar-refractivity contribution >= 4 is 28.2 Å². The Kier molecular flexibility index (Phi) is 5.76. The van der Waals surface area contributed by atoms with Crippen molar-refractivity contribution in [3.05, 3.63) is 84.3 Å². The SMILES string of the molecule is CC(c1ccccc1)N(C)c1ccc(C(=O)Nc2nnc(-c3ccncc3)s2)cn1. The summed E-state index contributed by atoms with van der Waals surface area (Å²) in [6.07, 6.45) is 4.96. The minimum absolute atomic E-state index is 0.159. The molecule has 0 radical (unpaired) electrons. The van der Waals surface area contributed by atoms with Crippen molar-refractivity contribution in [2.45, 2.75) is 13.0 Å². The quantitative estimate of drug-likeness (QED) is 0.500. The highest BCUT2D eigenvalue weighted by atomic mass is 32.1. The molecule has 0 bridgehead atoms. The van der Waals surface area contributed by atoms with E-state index < -0.39 is 0 Å². The number of carbonyl (C=O) groups excluding carboxylic acids is 1. The fourth-order valence-corrected chi connectivity index (χ4v) is 3.68. The maximum atomic E-state index is 12.6. The van der Waals surface area contributed by atoms with Crippen molar-refractivity contribution in [3.63, 3.8) is 0 Å². The van der Waals surface area contributed by atoms with Gasteiger partial charge in [0.05, 0.1) is 11.6 Å². The van der Waals surface area contributed by atoms with Gasteiger partial charge in [0.15, 0.2) is 0 Å². The third kappa shape index (κ3) is 4.33. The molecule has 4 aromatic rings. The van der Waals surface area contributed by atoms with Crippen molar-refractivity contribution in [2.24, 2.45) is 0 Å². The smallest absolute Gasteiger partial charge is 0.259 e. The van der Waals surface area contributed by atoms with Crippen molar-refractivity contribution in [3.8, 4) is 10.6 Å². The fraction of sp³-hybridized carbons (Fsp3) is 0.136. The molecule has 0 fully saturated rings. The van der Waals surface area contributed by atoms with Gasteiger partial charge in [0.1, 0.15) is 10.8 Å². The molecule has 0 saturated heterocycles. The minimum atomic E-state index is -0.273. The zero-order valence-corrected chi connectivity index (χ0v) is 17.4. The van der Waals surface area contributed by atoms with Gasteiger partial charge in [-0.2, -0.15) is 0 Å². The van der Waals surface area contributed by atoms with Gasteiger partial charge >= 0.3 is 0 Å². The van der Waals surface area contributed by atoms with Crippen LogP contribution in [0.25, 0.3) is 10.6 Å². The largest absolute Gasteiger partial charge is 0.353 e. The molecule has 150 valence electrons. The second-order valence-corrected chi connectivity index (χ2v) is 7.68. The molecule has 0 aliphatic rings. The molecule has 3 aromatic heterocycles. The summed E-state index contributed by atoms with van der Waals surface area (Å²) in [6, 6.07) is 17.7. The van der Waals surface area contributed by atoms with E-state index in [0.29, 0.717) is 10.7 Å². The number of aromatic nitrogens is 4. The predicted molar refractivity (Wildman–Crippen MR) is 119 cm³/mol. The van der Waals surface area contributed by atoms with Crippen LogP contribution in [-0.2, 0) is 0 Å². The molecular weight excluding hydrogens is 396 g/mol. The summed E-state index contributed by atoms with van der Waals surface area (Å²) in [4.78, 5) is 23.1. The lowest BCUT2D eigenvalue weighted by Crippen LogP contribution is -2.23. The number of carbonyl (C=O) groups is 1. The van der Waals surface area contributed by atoms with Crippen molar-refractivity contribution < 1.29 is 4.79 Å². The molecular formula is C22H20N6OS. The Morgan fingerprint density at radius 1 is 1.03 bits per heavy atom. The van der Waals surface area contributed by atoms with Crippen LogP contribution < -0.4 is 10.2 Å². The summed E-state index contributed by atoms with van der Waals surface area (Å²) in [6.45, 7) is 2.12. The molecule has 1 amide bonds. The van der Waals surface area contributed by atoms with E-state index in [2.05, 4.69) is 49.4 Å². The molecule has 7 nitrogen and oxygen atoms in total. The van der Waals surface area contributed by atoms with Gasteiger partial charge in [-0.15, -0.1) is 10.2 Å². The Morgan fingerprint density at radius 3 is 2.50 bits per heavy atom. The number of nitrogens with one attached hydrogen (secondary N) is 1. The molecule has 1 aromatic carbocycles. The van der Waals surface area contributed by atoms with Gasteiger partial charge in [-0.3, -0.25) is 15.1 Å². The zero-order valence-electron chi connectivity index (χ0n) is 16.6. The summed E-state index contributed by atoms with van der Waals surface area (Å²) in [7, 11) is 1.99. The molecule has 8 heteroatoms. The van der Waals surface area contributed by atoms with Crippen molar-refractivity contribution in [2.75, 3.05) is 17.3 Å². The van der Waals surface area contributed by atoms with E-state index in [4.69, 9.17) is 0 Å². The van der Waals surface area contributed by atoms with Crippen LogP contribution in [0.5, 0.6) is 0 Å². The first kappa shape index (κ1) is 19.7. The summed E-state index contributed by atoms with van der Waals surface area (Å²) >= 11 is 1.31. The molecule has 30 heavy (non-hydrogen) atoms. The van der Waals surface area contributed by atoms with E-state index in [9.17, 15) is 4.79 Å². The zero-order chi connectivity index (χ0) is 20.9. The number of amides is 1. The van der Waals surface area contributed by atoms with Crippen molar-refractivity contribution in [1.29, 1.82) is 0 Å². The van der Waals surface area contributed by atoms with Gasteiger partial charge in [0.25, 0.3) is 5.91 Å². The van der Waals surface area contributed by atoms with E-state index in [-0.39, 0.29) is 11.9 Å². The molecule has 1 N–H and O–H groups in total. The van der Waals surface area contributed by atoms with Gasteiger partial charge in [-0.1, -0.05) is 41.7 Å². The third-order valence-electron chi connectivity index (χ3n) is 4.81. The normalized spacial score (nSPS) is 11.7. The van der Waals surface area contributed by atoms with Crippen LogP contribution in [0.1, 0.15) is 28.9 Å². The van der Waals surface area contributed by atoms with Crippen LogP contribution >= 0.6 is 11.3 Å². The van der Waals surface area contributed by atoms with Gasteiger partial charge in [0.2, 0.25) is 5.13 Å². The van der Waals surface area contributed by atoms with E-state index in [1.54, 1.807) is 24.7 Å². The first-order chi connectivity index (χ1) is 14.6. The predicted octanol–water partition coefficient (Wildman–Crippen LogP) is 4.44. The van der Waals surface area contributed by atoms with Crippen LogP contribution in [0.2, 0.25) is 0 Å². The standard InChI is InChI=1S/C22H20N6OS/c1-15(16-6-4-3-5-7-16)28(2)19-9-8-18(14-24-19)20(29)25-22-27-26-21(30-22)17-10-12-23-13-11-17/h3-15H,1-2H3,(H,25,27,29). The third-order valence-corrected chi connectivity index (χ3v) is 5.69. The number of hydrogen-bond acceptors (Lipinski definition) is 7. The molecule has 0 saturated carbocycles. The van der Waals surface area contributed by atoms with E-state index in [1.165, 1.54) is 16.9 Å². The van der Waals surface area contributed by atoms with Crippen molar-refractivity contribution in [1.82, 2.24) is 20.2 Å². The summed E-state index contributed by atoms with van der Waals surface area (Å²) in [5, 5.41) is 12.1. The monoisotopic (exact) mass is 416 g/mol. The maximum absolute atomic E-state index is 12.6. The number of anilines is 2. The van der Waals surface area contributed by atoms with Gasteiger partial charge in [-0.05, 0) is 36.8 Å². The second kappa shape index (κ2) is 8.79. The molecule has 0 spiro atoms. The Labute approximate surface area is 178 Å².